The number of halogens is 1. The van der Waals surface area contributed by atoms with Crippen LogP contribution in [0.2, 0.25) is 0 Å². The number of hydrogen-bond acceptors (Lipinski definition) is 3. The third kappa shape index (κ3) is 4.10. The number of piperazine rings is 1. The van der Waals surface area contributed by atoms with E-state index in [9.17, 15) is 9.18 Å². The minimum absolute atomic E-state index is 0.0336. The van der Waals surface area contributed by atoms with E-state index >= 15 is 0 Å². The highest BCUT2D eigenvalue weighted by Gasteiger charge is 2.26. The summed E-state index contributed by atoms with van der Waals surface area (Å²) in [6, 6.07) is 14.0. The van der Waals surface area contributed by atoms with Crippen LogP contribution in [0.15, 0.2) is 48.5 Å². The van der Waals surface area contributed by atoms with Gasteiger partial charge in [0.15, 0.2) is 6.10 Å². The van der Waals surface area contributed by atoms with Crippen LogP contribution in [0, 0.1) is 12.7 Å². The van der Waals surface area contributed by atoms with Crippen LogP contribution in [0.5, 0.6) is 5.75 Å². The van der Waals surface area contributed by atoms with E-state index in [2.05, 4.69) is 24.0 Å². The maximum absolute atomic E-state index is 12.9. The van der Waals surface area contributed by atoms with Gasteiger partial charge in [0.2, 0.25) is 0 Å². The van der Waals surface area contributed by atoms with Crippen LogP contribution < -0.4 is 9.64 Å². The summed E-state index contributed by atoms with van der Waals surface area (Å²) in [5, 5.41) is 0. The molecule has 2 aromatic rings. The molecule has 1 amide bonds. The molecule has 1 atom stereocenters. The van der Waals surface area contributed by atoms with E-state index in [1.54, 1.807) is 6.92 Å². The molecule has 1 aliphatic heterocycles. The van der Waals surface area contributed by atoms with E-state index in [0.29, 0.717) is 18.8 Å². The average Bonchev–Trinajstić information content (AvgIpc) is 2.63. The third-order valence-electron chi connectivity index (χ3n) is 4.52. The van der Waals surface area contributed by atoms with Gasteiger partial charge in [-0.25, -0.2) is 4.39 Å². The molecular formula is C20H23FN2O2. The van der Waals surface area contributed by atoms with E-state index < -0.39 is 6.10 Å². The highest BCUT2D eigenvalue weighted by molar-refractivity contribution is 5.81. The number of nitrogens with zero attached hydrogens (tertiary/aromatic N) is 2. The smallest absolute Gasteiger partial charge is 0.263 e. The Morgan fingerprint density at radius 2 is 1.68 bits per heavy atom. The van der Waals surface area contributed by atoms with Crippen molar-refractivity contribution in [2.45, 2.75) is 20.0 Å². The first kappa shape index (κ1) is 17.3. The molecule has 4 nitrogen and oxygen atoms in total. The van der Waals surface area contributed by atoms with Gasteiger partial charge in [-0.2, -0.15) is 0 Å². The average molecular weight is 342 g/mol. The number of aryl methyl sites for hydroxylation is 1. The SMILES string of the molecule is Cc1ccccc1N1CCN(C(=O)[C@@H](C)Oc2ccc(F)cc2)CC1. The standard InChI is InChI=1S/C20H23FN2O2/c1-15-5-3-4-6-19(15)22-11-13-23(14-12-22)20(24)16(2)25-18-9-7-17(21)8-10-18/h3-10,16H,11-14H2,1-2H3/t16-/m1/s1. The van der Waals surface area contributed by atoms with Gasteiger partial charge in [0, 0.05) is 31.9 Å². The second kappa shape index (κ2) is 7.55. The summed E-state index contributed by atoms with van der Waals surface area (Å²) in [5.74, 6) is 0.146. The molecular weight excluding hydrogens is 319 g/mol. The van der Waals surface area contributed by atoms with Gasteiger partial charge in [-0.15, -0.1) is 0 Å². The second-order valence-corrected chi connectivity index (χ2v) is 6.31. The number of carbonyl (C=O) groups excluding carboxylic acids is 1. The molecule has 0 aliphatic carbocycles. The predicted octanol–water partition coefficient (Wildman–Crippen LogP) is 3.25. The van der Waals surface area contributed by atoms with E-state index in [4.69, 9.17) is 4.74 Å². The molecule has 0 spiro atoms. The zero-order valence-corrected chi connectivity index (χ0v) is 14.6. The van der Waals surface area contributed by atoms with Crippen molar-refractivity contribution in [3.63, 3.8) is 0 Å². The third-order valence-corrected chi connectivity index (χ3v) is 4.52. The molecule has 0 unspecified atom stereocenters. The molecule has 1 saturated heterocycles. The van der Waals surface area contributed by atoms with Crippen molar-refractivity contribution in [1.29, 1.82) is 0 Å². The van der Waals surface area contributed by atoms with Gasteiger partial charge in [-0.05, 0) is 49.7 Å². The number of para-hydroxylation sites is 1. The van der Waals surface area contributed by atoms with Crippen LogP contribution in [-0.2, 0) is 4.79 Å². The van der Waals surface area contributed by atoms with Crippen molar-refractivity contribution in [2.75, 3.05) is 31.1 Å². The molecule has 132 valence electrons. The lowest BCUT2D eigenvalue weighted by Gasteiger charge is -2.37. The number of anilines is 1. The van der Waals surface area contributed by atoms with Gasteiger partial charge in [-0.1, -0.05) is 18.2 Å². The van der Waals surface area contributed by atoms with Crippen LogP contribution >= 0.6 is 0 Å². The van der Waals surface area contributed by atoms with Crippen molar-refractivity contribution < 1.29 is 13.9 Å². The Balaban J connectivity index is 1.56. The van der Waals surface area contributed by atoms with E-state index in [-0.39, 0.29) is 11.7 Å². The van der Waals surface area contributed by atoms with Crippen molar-refractivity contribution in [3.05, 3.63) is 59.9 Å². The van der Waals surface area contributed by atoms with Crippen molar-refractivity contribution >= 4 is 11.6 Å². The summed E-state index contributed by atoms with van der Waals surface area (Å²) in [7, 11) is 0. The summed E-state index contributed by atoms with van der Waals surface area (Å²) < 4.78 is 18.6. The molecule has 2 aromatic carbocycles. The monoisotopic (exact) mass is 342 g/mol. The van der Waals surface area contributed by atoms with Gasteiger partial charge >= 0.3 is 0 Å². The number of rotatable bonds is 4. The number of amides is 1. The Labute approximate surface area is 147 Å². The summed E-state index contributed by atoms with van der Waals surface area (Å²) >= 11 is 0. The van der Waals surface area contributed by atoms with Crippen LogP contribution in [-0.4, -0.2) is 43.1 Å². The molecule has 0 bridgehead atoms. The van der Waals surface area contributed by atoms with Gasteiger partial charge < -0.3 is 14.5 Å². The molecule has 1 heterocycles. The maximum atomic E-state index is 12.9. The Hall–Kier alpha value is -2.56. The Morgan fingerprint density at radius 1 is 1.04 bits per heavy atom. The Morgan fingerprint density at radius 3 is 2.32 bits per heavy atom. The Kier molecular flexibility index (Phi) is 5.22. The molecule has 0 aromatic heterocycles. The van der Waals surface area contributed by atoms with Crippen LogP contribution in [0.3, 0.4) is 0 Å². The zero-order chi connectivity index (χ0) is 17.8. The van der Waals surface area contributed by atoms with E-state index in [1.807, 2.05) is 17.0 Å². The topological polar surface area (TPSA) is 32.8 Å². The molecule has 0 radical (unpaired) electrons. The first-order valence-electron chi connectivity index (χ1n) is 8.56. The van der Waals surface area contributed by atoms with Crippen molar-refractivity contribution in [3.8, 4) is 5.75 Å². The quantitative estimate of drug-likeness (QED) is 0.855. The first-order valence-corrected chi connectivity index (χ1v) is 8.56. The molecule has 3 rings (SSSR count). The highest BCUT2D eigenvalue weighted by atomic mass is 19.1. The van der Waals surface area contributed by atoms with Crippen LogP contribution in [0.25, 0.3) is 0 Å². The van der Waals surface area contributed by atoms with Crippen molar-refractivity contribution in [1.82, 2.24) is 4.90 Å². The van der Waals surface area contributed by atoms with Gasteiger partial charge in [0.25, 0.3) is 5.91 Å². The second-order valence-electron chi connectivity index (χ2n) is 6.31. The van der Waals surface area contributed by atoms with E-state index in [0.717, 1.165) is 13.1 Å². The van der Waals surface area contributed by atoms with Gasteiger partial charge in [0.05, 0.1) is 0 Å². The van der Waals surface area contributed by atoms with Gasteiger partial charge in [0.1, 0.15) is 11.6 Å². The molecule has 5 heteroatoms. The summed E-state index contributed by atoms with van der Waals surface area (Å²) in [5.41, 5.74) is 2.47. The normalized spacial score (nSPS) is 15.8. The van der Waals surface area contributed by atoms with Crippen molar-refractivity contribution in [2.24, 2.45) is 0 Å². The number of benzene rings is 2. The largest absolute Gasteiger partial charge is 0.481 e. The van der Waals surface area contributed by atoms with Crippen LogP contribution in [0.1, 0.15) is 12.5 Å². The number of carbonyl (C=O) groups is 1. The fourth-order valence-electron chi connectivity index (χ4n) is 3.11. The summed E-state index contributed by atoms with van der Waals surface area (Å²) in [6.07, 6.45) is -0.588. The minimum Gasteiger partial charge on any atom is -0.481 e. The lowest BCUT2D eigenvalue weighted by atomic mass is 10.1. The maximum Gasteiger partial charge on any atom is 0.263 e. The molecule has 25 heavy (non-hydrogen) atoms. The van der Waals surface area contributed by atoms with Gasteiger partial charge in [-0.3, -0.25) is 4.79 Å². The fraction of sp³-hybridized carbons (Fsp3) is 0.350. The first-order chi connectivity index (χ1) is 12.0. The molecule has 1 fully saturated rings. The lowest BCUT2D eigenvalue weighted by Crippen LogP contribution is -2.52. The molecule has 0 N–H and O–H groups in total. The lowest BCUT2D eigenvalue weighted by molar-refractivity contribution is -0.138. The predicted molar refractivity (Wildman–Crippen MR) is 96.5 cm³/mol. The Bertz CT molecular complexity index is 725. The molecule has 1 aliphatic rings. The highest BCUT2D eigenvalue weighted by Crippen LogP contribution is 2.21. The summed E-state index contributed by atoms with van der Waals surface area (Å²) in [6.45, 7) is 6.79. The molecule has 0 saturated carbocycles. The number of hydrogen-bond donors (Lipinski definition) is 0. The zero-order valence-electron chi connectivity index (χ0n) is 14.6. The van der Waals surface area contributed by atoms with E-state index in [1.165, 1.54) is 35.5 Å². The summed E-state index contributed by atoms with van der Waals surface area (Å²) in [4.78, 5) is 16.7. The van der Waals surface area contributed by atoms with Crippen LogP contribution in [0.4, 0.5) is 10.1 Å². The number of ether oxygens (including phenoxy) is 1. The minimum atomic E-state index is -0.588. The fourth-order valence-corrected chi connectivity index (χ4v) is 3.11.